The van der Waals surface area contributed by atoms with Crippen molar-refractivity contribution in [2.75, 3.05) is 21.2 Å². The minimum atomic E-state index is -3.56. The van der Waals surface area contributed by atoms with Crippen LogP contribution in [0.15, 0.2) is 96.0 Å². The Labute approximate surface area is 205 Å². The van der Waals surface area contributed by atoms with E-state index in [1.165, 1.54) is 44.4 Å². The summed E-state index contributed by atoms with van der Waals surface area (Å²) in [6, 6.07) is 23.2. The first-order valence-corrected chi connectivity index (χ1v) is 12.3. The molecule has 0 aliphatic rings. The number of carbonyl (C=O) groups is 1. The van der Waals surface area contributed by atoms with Gasteiger partial charge in [0, 0.05) is 37.0 Å². The quantitative estimate of drug-likeness (QED) is 0.266. The lowest BCUT2D eigenvalue weighted by Gasteiger charge is -2.11. The number of rotatable bonds is 8. The van der Waals surface area contributed by atoms with Crippen LogP contribution in [0.1, 0.15) is 15.9 Å². The zero-order valence-electron chi connectivity index (χ0n) is 19.6. The second-order valence-corrected chi connectivity index (χ2v) is 10.1. The number of sulfonamides is 1. The van der Waals surface area contributed by atoms with Crippen LogP contribution in [0.2, 0.25) is 0 Å². The molecule has 0 spiro atoms. The molecule has 178 valence electrons. The zero-order valence-corrected chi connectivity index (χ0v) is 20.4. The number of aromatic nitrogens is 2. The number of carbonyl (C=O) groups excluding carboxylic acids is 1. The van der Waals surface area contributed by atoms with Gasteiger partial charge >= 0.3 is 0 Å². The van der Waals surface area contributed by atoms with E-state index in [1.807, 2.05) is 60.8 Å². The molecule has 35 heavy (non-hydrogen) atoms. The molecule has 0 aliphatic heterocycles. The van der Waals surface area contributed by atoms with Crippen LogP contribution in [0.25, 0.3) is 23.0 Å². The Morgan fingerprint density at radius 1 is 0.943 bits per heavy atom. The Hall–Kier alpha value is -4.01. The molecule has 8 heteroatoms. The van der Waals surface area contributed by atoms with E-state index in [9.17, 15) is 13.2 Å². The van der Waals surface area contributed by atoms with Gasteiger partial charge in [0.2, 0.25) is 10.0 Å². The maximum atomic E-state index is 12.8. The van der Waals surface area contributed by atoms with Crippen molar-refractivity contribution >= 4 is 21.9 Å². The molecule has 1 aromatic heterocycles. The Balaban J connectivity index is 1.66. The van der Waals surface area contributed by atoms with Crippen molar-refractivity contribution in [2.24, 2.45) is 0 Å². The van der Waals surface area contributed by atoms with E-state index in [1.54, 1.807) is 17.9 Å². The van der Waals surface area contributed by atoms with Crippen molar-refractivity contribution in [3.05, 3.63) is 102 Å². The van der Waals surface area contributed by atoms with Crippen LogP contribution in [-0.2, 0) is 10.0 Å². The highest BCUT2D eigenvalue weighted by Crippen LogP contribution is 2.27. The van der Waals surface area contributed by atoms with Gasteiger partial charge in [0.1, 0.15) is 5.75 Å². The Bertz CT molecular complexity index is 1460. The Morgan fingerprint density at radius 2 is 1.60 bits per heavy atom. The number of nitrogens with zero attached hydrogens (tertiary/aromatic N) is 3. The molecule has 3 aromatic carbocycles. The fraction of sp³-hybridized carbons (Fsp3) is 0.111. The predicted molar refractivity (Wildman–Crippen MR) is 136 cm³/mol. The van der Waals surface area contributed by atoms with Gasteiger partial charge in [-0.3, -0.25) is 4.79 Å². The summed E-state index contributed by atoms with van der Waals surface area (Å²) in [5.74, 6) is 0.496. The Morgan fingerprint density at radius 3 is 2.20 bits per heavy atom. The zero-order chi connectivity index (χ0) is 25.0. The summed E-state index contributed by atoms with van der Waals surface area (Å²) in [5.41, 5.74) is 3.64. The highest BCUT2D eigenvalue weighted by molar-refractivity contribution is 7.89. The van der Waals surface area contributed by atoms with Gasteiger partial charge < -0.3 is 4.74 Å². The topological polar surface area (TPSA) is 81.5 Å². The second kappa shape index (κ2) is 10.1. The molecular weight excluding hydrogens is 462 g/mol. The molecule has 0 N–H and O–H groups in total. The van der Waals surface area contributed by atoms with Gasteiger partial charge in [-0.25, -0.2) is 17.4 Å². The van der Waals surface area contributed by atoms with E-state index < -0.39 is 10.0 Å². The summed E-state index contributed by atoms with van der Waals surface area (Å²) in [6.07, 6.45) is 5.05. The number of ketones is 1. The first-order valence-electron chi connectivity index (χ1n) is 10.8. The number of ether oxygens (including phenoxy) is 1. The van der Waals surface area contributed by atoms with Gasteiger partial charge in [0.25, 0.3) is 0 Å². The fourth-order valence-electron chi connectivity index (χ4n) is 3.46. The van der Waals surface area contributed by atoms with Crippen LogP contribution < -0.4 is 4.74 Å². The summed E-state index contributed by atoms with van der Waals surface area (Å²) in [6.45, 7) is 0. The van der Waals surface area contributed by atoms with E-state index in [2.05, 4.69) is 0 Å². The van der Waals surface area contributed by atoms with Crippen LogP contribution in [0.4, 0.5) is 0 Å². The lowest BCUT2D eigenvalue weighted by molar-refractivity contribution is 0.104. The normalized spacial score (nSPS) is 11.8. The minimum absolute atomic E-state index is 0.133. The highest BCUT2D eigenvalue weighted by Gasteiger charge is 2.17. The van der Waals surface area contributed by atoms with Crippen LogP contribution in [0.3, 0.4) is 0 Å². The summed E-state index contributed by atoms with van der Waals surface area (Å²) < 4.78 is 32.7. The van der Waals surface area contributed by atoms with Crippen LogP contribution in [-0.4, -0.2) is 49.5 Å². The minimum Gasteiger partial charge on any atom is -0.497 e. The number of allylic oxidation sites excluding steroid dienone is 1. The number of hydrogen-bond acceptors (Lipinski definition) is 5. The summed E-state index contributed by atoms with van der Waals surface area (Å²) >= 11 is 0. The van der Waals surface area contributed by atoms with E-state index >= 15 is 0 Å². The van der Waals surface area contributed by atoms with Crippen molar-refractivity contribution in [1.29, 1.82) is 0 Å². The molecule has 0 aliphatic carbocycles. The van der Waals surface area contributed by atoms with Crippen molar-refractivity contribution < 1.29 is 17.9 Å². The number of benzene rings is 3. The first-order chi connectivity index (χ1) is 16.8. The molecule has 0 unspecified atom stereocenters. The predicted octanol–water partition coefficient (Wildman–Crippen LogP) is 4.69. The smallest absolute Gasteiger partial charge is 0.242 e. The van der Waals surface area contributed by atoms with Gasteiger partial charge in [0.05, 0.1) is 23.4 Å². The van der Waals surface area contributed by atoms with Gasteiger partial charge in [-0.15, -0.1) is 0 Å². The van der Waals surface area contributed by atoms with Crippen molar-refractivity contribution in [3.8, 4) is 22.7 Å². The molecule has 4 aromatic rings. The fourth-order valence-corrected chi connectivity index (χ4v) is 4.36. The van der Waals surface area contributed by atoms with Crippen molar-refractivity contribution in [1.82, 2.24) is 14.1 Å². The number of methoxy groups -OCH3 is 1. The molecule has 0 radical (unpaired) electrons. The lowest BCUT2D eigenvalue weighted by Crippen LogP contribution is -2.22. The molecule has 0 bridgehead atoms. The molecule has 0 atom stereocenters. The third-order valence-corrected chi connectivity index (χ3v) is 7.29. The average Bonchev–Trinajstić information content (AvgIpc) is 3.32. The van der Waals surface area contributed by atoms with Gasteiger partial charge in [-0.1, -0.05) is 18.2 Å². The molecule has 0 saturated heterocycles. The third-order valence-electron chi connectivity index (χ3n) is 5.46. The Kier molecular flexibility index (Phi) is 6.95. The van der Waals surface area contributed by atoms with E-state index in [0.717, 1.165) is 26.9 Å². The molecule has 0 saturated carbocycles. The monoisotopic (exact) mass is 487 g/mol. The molecule has 4 rings (SSSR count). The number of para-hydroxylation sites is 1. The molecule has 7 nitrogen and oxygen atoms in total. The van der Waals surface area contributed by atoms with Crippen LogP contribution in [0, 0.1) is 0 Å². The molecule has 0 fully saturated rings. The maximum Gasteiger partial charge on any atom is 0.242 e. The second-order valence-electron chi connectivity index (χ2n) is 7.95. The average molecular weight is 488 g/mol. The summed E-state index contributed by atoms with van der Waals surface area (Å²) in [4.78, 5) is 13.0. The largest absolute Gasteiger partial charge is 0.497 e. The molecule has 1 heterocycles. The van der Waals surface area contributed by atoms with Crippen molar-refractivity contribution in [2.45, 2.75) is 4.90 Å². The van der Waals surface area contributed by atoms with Gasteiger partial charge in [0.15, 0.2) is 5.78 Å². The van der Waals surface area contributed by atoms with E-state index in [4.69, 9.17) is 9.84 Å². The first kappa shape index (κ1) is 24.1. The van der Waals surface area contributed by atoms with Gasteiger partial charge in [-0.05, 0) is 72.8 Å². The maximum absolute atomic E-state index is 12.8. The van der Waals surface area contributed by atoms with E-state index in [-0.39, 0.29) is 10.7 Å². The third kappa shape index (κ3) is 5.24. The van der Waals surface area contributed by atoms with Gasteiger partial charge in [-0.2, -0.15) is 5.10 Å². The number of hydrogen-bond donors (Lipinski definition) is 0. The molecular formula is C27H25N3O4S. The lowest BCUT2D eigenvalue weighted by atomic mass is 10.1. The highest BCUT2D eigenvalue weighted by atomic mass is 32.2. The summed E-state index contributed by atoms with van der Waals surface area (Å²) in [7, 11) is 0.988. The SMILES string of the molecule is COc1ccc(-c2nn(-c3ccccc3)cc2C=CC(=O)c2ccc(S(=O)(=O)N(C)C)cc2)cc1. The standard InChI is InChI=1S/C27H25N3O4S/c1-29(2)35(32,33)25-16-11-20(12-17-25)26(31)18-13-22-19-30(23-7-5-4-6-8-23)28-27(22)21-9-14-24(34-3)15-10-21/h4-19H,1-3H3. The van der Waals surface area contributed by atoms with E-state index in [0.29, 0.717) is 11.3 Å². The summed E-state index contributed by atoms with van der Waals surface area (Å²) in [5, 5.41) is 4.75. The molecule has 0 amide bonds. The van der Waals surface area contributed by atoms with Crippen molar-refractivity contribution in [3.63, 3.8) is 0 Å². The van der Waals surface area contributed by atoms with Crippen LogP contribution in [0.5, 0.6) is 5.75 Å². The van der Waals surface area contributed by atoms with Crippen LogP contribution >= 0.6 is 0 Å².